The third-order valence-corrected chi connectivity index (χ3v) is 3.71. The largest absolute Gasteiger partial charge is 0.365 e. The summed E-state index contributed by atoms with van der Waals surface area (Å²) in [7, 11) is 1.97. The van der Waals surface area contributed by atoms with Crippen LogP contribution in [0.1, 0.15) is 19.8 Å². The van der Waals surface area contributed by atoms with Gasteiger partial charge in [0.1, 0.15) is 0 Å². The summed E-state index contributed by atoms with van der Waals surface area (Å²) in [5.74, 6) is 1.01. The SMILES string of the molecule is CC1CCN(C(=O)CN(C)c2ccccc2)CC1. The minimum Gasteiger partial charge on any atom is -0.365 e. The minimum atomic E-state index is 0.244. The Balaban J connectivity index is 1.87. The van der Waals surface area contributed by atoms with Crippen LogP contribution in [-0.4, -0.2) is 37.5 Å². The van der Waals surface area contributed by atoms with Crippen molar-refractivity contribution >= 4 is 11.6 Å². The second kappa shape index (κ2) is 5.89. The average Bonchev–Trinajstić information content (AvgIpc) is 2.40. The topological polar surface area (TPSA) is 23.6 Å². The van der Waals surface area contributed by atoms with Gasteiger partial charge in [-0.2, -0.15) is 0 Å². The number of rotatable bonds is 3. The van der Waals surface area contributed by atoms with E-state index in [2.05, 4.69) is 6.92 Å². The summed E-state index contributed by atoms with van der Waals surface area (Å²) in [6.45, 7) is 4.57. The standard InChI is InChI=1S/C15H22N2O/c1-13-8-10-17(11-9-13)15(18)12-16(2)14-6-4-3-5-7-14/h3-7,13H,8-12H2,1-2H3. The van der Waals surface area contributed by atoms with Gasteiger partial charge in [0.2, 0.25) is 5.91 Å². The highest BCUT2D eigenvalue weighted by atomic mass is 16.2. The van der Waals surface area contributed by atoms with E-state index in [1.54, 1.807) is 0 Å². The van der Waals surface area contributed by atoms with Gasteiger partial charge in [-0.25, -0.2) is 0 Å². The Hall–Kier alpha value is -1.51. The number of nitrogens with zero attached hydrogens (tertiary/aromatic N) is 2. The number of likely N-dealkylation sites (tertiary alicyclic amines) is 1. The summed E-state index contributed by atoms with van der Waals surface area (Å²) < 4.78 is 0. The van der Waals surface area contributed by atoms with E-state index in [9.17, 15) is 4.79 Å². The molecule has 3 heteroatoms. The number of piperidine rings is 1. The van der Waals surface area contributed by atoms with Crippen molar-refractivity contribution in [1.29, 1.82) is 0 Å². The van der Waals surface area contributed by atoms with Crippen LogP contribution in [0.5, 0.6) is 0 Å². The molecule has 1 amide bonds. The molecule has 0 bridgehead atoms. The van der Waals surface area contributed by atoms with E-state index < -0.39 is 0 Å². The van der Waals surface area contributed by atoms with Crippen molar-refractivity contribution in [3.05, 3.63) is 30.3 Å². The fourth-order valence-electron chi connectivity index (χ4n) is 2.33. The molecular formula is C15H22N2O. The fourth-order valence-corrected chi connectivity index (χ4v) is 2.33. The van der Waals surface area contributed by atoms with Crippen LogP contribution < -0.4 is 4.90 Å². The minimum absolute atomic E-state index is 0.244. The van der Waals surface area contributed by atoms with Gasteiger partial charge in [0.05, 0.1) is 6.54 Å². The summed E-state index contributed by atoms with van der Waals surface area (Å²) in [4.78, 5) is 16.2. The first-order valence-corrected chi connectivity index (χ1v) is 6.71. The zero-order valence-corrected chi connectivity index (χ0v) is 11.3. The zero-order valence-electron chi connectivity index (χ0n) is 11.3. The third kappa shape index (κ3) is 3.25. The first-order chi connectivity index (χ1) is 8.66. The molecule has 1 heterocycles. The van der Waals surface area contributed by atoms with Crippen LogP contribution in [-0.2, 0) is 4.79 Å². The van der Waals surface area contributed by atoms with E-state index in [0.29, 0.717) is 6.54 Å². The van der Waals surface area contributed by atoms with Crippen molar-refractivity contribution in [2.45, 2.75) is 19.8 Å². The molecule has 2 rings (SSSR count). The maximum absolute atomic E-state index is 12.2. The lowest BCUT2D eigenvalue weighted by Crippen LogP contribution is -2.43. The van der Waals surface area contributed by atoms with E-state index in [1.165, 1.54) is 0 Å². The summed E-state index contributed by atoms with van der Waals surface area (Å²) in [5, 5.41) is 0. The summed E-state index contributed by atoms with van der Waals surface area (Å²) in [5.41, 5.74) is 1.09. The smallest absolute Gasteiger partial charge is 0.242 e. The molecule has 1 fully saturated rings. The summed E-state index contributed by atoms with van der Waals surface area (Å²) in [6.07, 6.45) is 2.28. The molecule has 1 aliphatic heterocycles. The Kier molecular flexibility index (Phi) is 4.24. The summed E-state index contributed by atoms with van der Waals surface area (Å²) >= 11 is 0. The average molecular weight is 246 g/mol. The first kappa shape index (κ1) is 12.9. The Bertz CT molecular complexity index is 383. The highest BCUT2D eigenvalue weighted by Gasteiger charge is 2.21. The van der Waals surface area contributed by atoms with Crippen molar-refractivity contribution < 1.29 is 4.79 Å². The van der Waals surface area contributed by atoms with Crippen LogP contribution in [0.3, 0.4) is 0 Å². The predicted octanol–water partition coefficient (Wildman–Crippen LogP) is 2.38. The number of hydrogen-bond acceptors (Lipinski definition) is 2. The highest BCUT2D eigenvalue weighted by molar-refractivity contribution is 5.81. The van der Waals surface area contributed by atoms with Crippen molar-refractivity contribution in [2.24, 2.45) is 5.92 Å². The summed E-state index contributed by atoms with van der Waals surface area (Å²) in [6, 6.07) is 10.1. The Morgan fingerprint density at radius 1 is 1.28 bits per heavy atom. The lowest BCUT2D eigenvalue weighted by Gasteiger charge is -2.32. The molecule has 0 spiro atoms. The molecule has 18 heavy (non-hydrogen) atoms. The molecule has 1 aromatic rings. The van der Waals surface area contributed by atoms with E-state index in [0.717, 1.165) is 37.5 Å². The second-order valence-electron chi connectivity index (χ2n) is 5.25. The number of para-hydroxylation sites is 1. The molecule has 0 radical (unpaired) electrons. The molecule has 98 valence electrons. The van der Waals surface area contributed by atoms with Crippen LogP contribution in [0.4, 0.5) is 5.69 Å². The van der Waals surface area contributed by atoms with Gasteiger partial charge in [0.25, 0.3) is 0 Å². The molecule has 0 aliphatic carbocycles. The van der Waals surface area contributed by atoms with Gasteiger partial charge in [-0.15, -0.1) is 0 Å². The second-order valence-corrected chi connectivity index (χ2v) is 5.25. The van der Waals surface area contributed by atoms with E-state index >= 15 is 0 Å². The van der Waals surface area contributed by atoms with Gasteiger partial charge in [0, 0.05) is 25.8 Å². The molecule has 0 N–H and O–H groups in total. The third-order valence-electron chi connectivity index (χ3n) is 3.71. The number of hydrogen-bond donors (Lipinski definition) is 0. The van der Waals surface area contributed by atoms with Crippen LogP contribution in [0.2, 0.25) is 0 Å². The van der Waals surface area contributed by atoms with Gasteiger partial charge in [-0.3, -0.25) is 4.79 Å². The van der Waals surface area contributed by atoms with Crippen molar-refractivity contribution in [3.8, 4) is 0 Å². The van der Waals surface area contributed by atoms with Crippen molar-refractivity contribution in [3.63, 3.8) is 0 Å². The first-order valence-electron chi connectivity index (χ1n) is 6.71. The Morgan fingerprint density at radius 2 is 1.89 bits per heavy atom. The van der Waals surface area contributed by atoms with Gasteiger partial charge < -0.3 is 9.80 Å². The highest BCUT2D eigenvalue weighted by Crippen LogP contribution is 2.17. The number of amides is 1. The molecule has 1 aliphatic rings. The van der Waals surface area contributed by atoms with Crippen LogP contribution in [0, 0.1) is 5.92 Å². The number of carbonyl (C=O) groups is 1. The maximum atomic E-state index is 12.2. The van der Waals surface area contributed by atoms with Gasteiger partial charge >= 0.3 is 0 Å². The van der Waals surface area contributed by atoms with E-state index in [4.69, 9.17) is 0 Å². The quantitative estimate of drug-likeness (QED) is 0.817. The van der Waals surface area contributed by atoms with Gasteiger partial charge in [-0.1, -0.05) is 25.1 Å². The molecule has 0 atom stereocenters. The molecular weight excluding hydrogens is 224 g/mol. The molecule has 1 aromatic carbocycles. The molecule has 0 aromatic heterocycles. The van der Waals surface area contributed by atoms with Crippen LogP contribution in [0.15, 0.2) is 30.3 Å². The molecule has 1 saturated heterocycles. The Labute approximate surface area is 109 Å². The zero-order chi connectivity index (χ0) is 13.0. The number of likely N-dealkylation sites (N-methyl/N-ethyl adjacent to an activating group) is 1. The predicted molar refractivity (Wildman–Crippen MR) is 74.7 cm³/mol. The molecule has 0 unspecified atom stereocenters. The van der Waals surface area contributed by atoms with Gasteiger partial charge in [0.15, 0.2) is 0 Å². The van der Waals surface area contributed by atoms with Crippen molar-refractivity contribution in [1.82, 2.24) is 4.90 Å². The van der Waals surface area contributed by atoms with Crippen LogP contribution in [0.25, 0.3) is 0 Å². The number of benzene rings is 1. The lowest BCUT2D eigenvalue weighted by molar-refractivity contribution is -0.130. The van der Waals surface area contributed by atoms with Crippen LogP contribution >= 0.6 is 0 Å². The van der Waals surface area contributed by atoms with E-state index in [-0.39, 0.29) is 5.91 Å². The fraction of sp³-hybridized carbons (Fsp3) is 0.533. The lowest BCUT2D eigenvalue weighted by atomic mass is 9.99. The van der Waals surface area contributed by atoms with Gasteiger partial charge in [-0.05, 0) is 30.9 Å². The Morgan fingerprint density at radius 3 is 2.50 bits per heavy atom. The normalized spacial score (nSPS) is 16.7. The van der Waals surface area contributed by atoms with E-state index in [1.807, 2.05) is 47.2 Å². The molecule has 0 saturated carbocycles. The maximum Gasteiger partial charge on any atom is 0.242 e. The number of anilines is 1. The monoisotopic (exact) mass is 246 g/mol. The molecule has 3 nitrogen and oxygen atoms in total. The van der Waals surface area contributed by atoms with Crippen molar-refractivity contribution in [2.75, 3.05) is 31.6 Å². The number of carbonyl (C=O) groups excluding carboxylic acids is 1.